The zero-order chi connectivity index (χ0) is 19.4. The SMILES string of the molecule is O=C=NC1=NC(C(F)(F)F)(C(F)(F)F)NC1(C(F)(F)Cl)C(F)(F)Cl. The summed E-state index contributed by atoms with van der Waals surface area (Å²) in [6.45, 7) is 0. The van der Waals surface area contributed by atoms with Crippen molar-refractivity contribution in [2.45, 2.75) is 34.3 Å². The van der Waals surface area contributed by atoms with Crippen molar-refractivity contribution in [3.05, 3.63) is 0 Å². The van der Waals surface area contributed by atoms with Gasteiger partial charge < -0.3 is 0 Å². The van der Waals surface area contributed by atoms with E-state index in [-0.39, 0.29) is 11.4 Å². The predicted molar refractivity (Wildman–Crippen MR) is 57.9 cm³/mol. The largest absolute Gasteiger partial charge is 0.436 e. The van der Waals surface area contributed by atoms with Gasteiger partial charge in [0.2, 0.25) is 11.6 Å². The van der Waals surface area contributed by atoms with Crippen molar-refractivity contribution in [2.75, 3.05) is 0 Å². The molecular formula is C8HCl2F10N3O. The number of halogens is 12. The van der Waals surface area contributed by atoms with Crippen molar-refractivity contribution in [1.82, 2.24) is 5.32 Å². The van der Waals surface area contributed by atoms with E-state index in [9.17, 15) is 48.7 Å². The van der Waals surface area contributed by atoms with Crippen LogP contribution in [0.2, 0.25) is 0 Å². The molecule has 0 unspecified atom stereocenters. The van der Waals surface area contributed by atoms with E-state index in [2.05, 4.69) is 23.2 Å². The first-order valence-electron chi connectivity index (χ1n) is 5.12. The van der Waals surface area contributed by atoms with Gasteiger partial charge in [0.15, 0.2) is 5.84 Å². The quantitative estimate of drug-likeness (QED) is 0.324. The van der Waals surface area contributed by atoms with Crippen LogP contribution in [0.15, 0.2) is 9.98 Å². The van der Waals surface area contributed by atoms with Gasteiger partial charge in [0.05, 0.1) is 0 Å². The molecule has 1 N–H and O–H groups in total. The van der Waals surface area contributed by atoms with E-state index in [4.69, 9.17) is 0 Å². The molecule has 0 bridgehead atoms. The molecule has 0 atom stereocenters. The molecule has 24 heavy (non-hydrogen) atoms. The van der Waals surface area contributed by atoms with Crippen LogP contribution in [-0.4, -0.2) is 46.2 Å². The summed E-state index contributed by atoms with van der Waals surface area (Å²) < 4.78 is 131. The average molecular weight is 416 g/mol. The van der Waals surface area contributed by atoms with Crippen molar-refractivity contribution >= 4 is 35.1 Å². The van der Waals surface area contributed by atoms with Crippen LogP contribution in [0.25, 0.3) is 0 Å². The molecule has 0 aromatic rings. The number of rotatable bonds is 2. The first kappa shape index (κ1) is 20.9. The summed E-state index contributed by atoms with van der Waals surface area (Å²) in [6, 6.07) is 0. The molecule has 4 nitrogen and oxygen atoms in total. The standard InChI is InChI=1S/C8HCl2F10N3O/c9-5(11,12)3(6(10,13)14)2(21-1-24)22-4(23-3,7(15,16)17)8(18,19)20/h23H. The third-order valence-corrected chi connectivity index (χ3v) is 3.37. The van der Waals surface area contributed by atoms with E-state index in [1.54, 1.807) is 4.99 Å². The number of hydrogen-bond donors (Lipinski definition) is 1. The summed E-state index contributed by atoms with van der Waals surface area (Å²) in [4.78, 5) is 13.8. The van der Waals surface area contributed by atoms with Crippen LogP contribution in [0.3, 0.4) is 0 Å². The van der Waals surface area contributed by atoms with Crippen LogP contribution < -0.4 is 5.32 Å². The van der Waals surface area contributed by atoms with Gasteiger partial charge in [0.1, 0.15) is 0 Å². The number of isocyanates is 1. The van der Waals surface area contributed by atoms with Gasteiger partial charge in [-0.2, -0.15) is 43.9 Å². The minimum atomic E-state index is -6.57. The Morgan fingerprint density at radius 2 is 1.29 bits per heavy atom. The van der Waals surface area contributed by atoms with Gasteiger partial charge in [0.25, 0.3) is 0 Å². The highest BCUT2D eigenvalue weighted by Crippen LogP contribution is 2.56. The molecule has 1 rings (SSSR count). The lowest BCUT2D eigenvalue weighted by molar-refractivity contribution is -0.310. The molecule has 1 heterocycles. The van der Waals surface area contributed by atoms with E-state index in [0.29, 0.717) is 0 Å². The lowest BCUT2D eigenvalue weighted by Gasteiger charge is -2.40. The Balaban J connectivity index is 3.94. The Kier molecular flexibility index (Phi) is 4.75. The molecule has 0 spiro atoms. The number of amidine groups is 1. The molecule has 0 saturated carbocycles. The molecule has 0 fully saturated rings. The minimum Gasteiger partial charge on any atom is -0.252 e. The Morgan fingerprint density at radius 3 is 1.54 bits per heavy atom. The number of carbonyl (C=O) groups excluding carboxylic acids is 1. The Hall–Kier alpha value is -1.11. The maximum Gasteiger partial charge on any atom is 0.436 e. The van der Waals surface area contributed by atoms with E-state index < -0.39 is 40.2 Å². The van der Waals surface area contributed by atoms with Crippen LogP contribution >= 0.6 is 23.2 Å². The van der Waals surface area contributed by atoms with Gasteiger partial charge in [-0.25, -0.2) is 9.79 Å². The second kappa shape index (κ2) is 5.44. The number of nitrogens with zero attached hydrogens (tertiary/aromatic N) is 2. The summed E-state index contributed by atoms with van der Waals surface area (Å²) in [6.07, 6.45) is -12.9. The van der Waals surface area contributed by atoms with E-state index in [0.717, 1.165) is 0 Å². The third kappa shape index (κ3) is 2.74. The Labute approximate surface area is 134 Å². The normalized spacial score (nSPS) is 21.2. The number of nitrogens with one attached hydrogen (secondary N) is 1. The molecule has 0 saturated heterocycles. The van der Waals surface area contributed by atoms with Crippen molar-refractivity contribution in [1.29, 1.82) is 0 Å². The number of alkyl halides is 12. The van der Waals surface area contributed by atoms with Gasteiger partial charge in [-0.05, 0) is 23.2 Å². The van der Waals surface area contributed by atoms with Crippen LogP contribution in [0.5, 0.6) is 0 Å². The lowest BCUT2D eigenvalue weighted by atomic mass is 9.97. The Morgan fingerprint density at radius 1 is 0.917 bits per heavy atom. The van der Waals surface area contributed by atoms with E-state index in [1.807, 2.05) is 4.99 Å². The summed E-state index contributed by atoms with van der Waals surface area (Å²) in [5.41, 5.74) is -10.8. The molecule has 1 aliphatic heterocycles. The summed E-state index contributed by atoms with van der Waals surface area (Å²) >= 11 is 8.55. The highest BCUT2D eigenvalue weighted by Gasteiger charge is 2.85. The molecule has 0 aromatic carbocycles. The first-order chi connectivity index (χ1) is 10.4. The molecule has 138 valence electrons. The van der Waals surface area contributed by atoms with Gasteiger partial charge in [-0.3, -0.25) is 5.32 Å². The lowest BCUT2D eigenvalue weighted by Crippen LogP contribution is -2.75. The minimum absolute atomic E-state index is 0.0775. The zero-order valence-corrected chi connectivity index (χ0v) is 11.9. The molecule has 1 aliphatic rings. The molecule has 0 aliphatic carbocycles. The van der Waals surface area contributed by atoms with Gasteiger partial charge in [-0.15, -0.1) is 4.99 Å². The Bertz CT molecular complexity index is 567. The predicted octanol–water partition coefficient (Wildman–Crippen LogP) is 3.55. The van der Waals surface area contributed by atoms with E-state index in [1.165, 1.54) is 0 Å². The average Bonchev–Trinajstić information content (AvgIpc) is 2.64. The van der Waals surface area contributed by atoms with Gasteiger partial charge in [0, 0.05) is 0 Å². The van der Waals surface area contributed by atoms with Gasteiger partial charge >= 0.3 is 28.8 Å². The molecule has 0 amide bonds. The van der Waals surface area contributed by atoms with Crippen LogP contribution in [-0.2, 0) is 4.79 Å². The monoisotopic (exact) mass is 415 g/mol. The van der Waals surface area contributed by atoms with Crippen LogP contribution in [0, 0.1) is 0 Å². The van der Waals surface area contributed by atoms with Gasteiger partial charge in [-0.1, -0.05) is 0 Å². The van der Waals surface area contributed by atoms with Crippen LogP contribution in [0.4, 0.5) is 43.9 Å². The maximum atomic E-state index is 13.4. The molecule has 0 radical (unpaired) electrons. The fraction of sp³-hybridized carbons (Fsp3) is 0.750. The number of aliphatic imine (C=N–C) groups is 2. The second-order valence-electron chi connectivity index (χ2n) is 4.21. The number of hydrogen-bond acceptors (Lipinski definition) is 4. The van der Waals surface area contributed by atoms with Crippen molar-refractivity contribution < 1.29 is 48.7 Å². The summed E-state index contributed by atoms with van der Waals surface area (Å²) in [5.74, 6) is -2.63. The highest BCUT2D eigenvalue weighted by molar-refractivity contribution is 6.31. The molecule has 0 aromatic heterocycles. The fourth-order valence-corrected chi connectivity index (χ4v) is 2.28. The first-order valence-corrected chi connectivity index (χ1v) is 5.87. The summed E-state index contributed by atoms with van der Waals surface area (Å²) in [5, 5.41) is -11.3. The fourth-order valence-electron chi connectivity index (χ4n) is 1.74. The molecular weight excluding hydrogens is 415 g/mol. The smallest absolute Gasteiger partial charge is 0.252 e. The van der Waals surface area contributed by atoms with Crippen molar-refractivity contribution in [3.8, 4) is 0 Å². The van der Waals surface area contributed by atoms with Crippen LogP contribution in [0.1, 0.15) is 0 Å². The third-order valence-electron chi connectivity index (χ3n) is 2.80. The highest BCUT2D eigenvalue weighted by atomic mass is 35.5. The summed E-state index contributed by atoms with van der Waals surface area (Å²) in [7, 11) is 0. The van der Waals surface area contributed by atoms with Crippen molar-refractivity contribution in [3.63, 3.8) is 0 Å². The second-order valence-corrected chi connectivity index (χ2v) is 5.16. The van der Waals surface area contributed by atoms with Crippen molar-refractivity contribution in [2.24, 2.45) is 9.98 Å². The topological polar surface area (TPSA) is 53.8 Å². The maximum absolute atomic E-state index is 13.4. The zero-order valence-electron chi connectivity index (χ0n) is 10.3. The van der Waals surface area contributed by atoms with E-state index >= 15 is 0 Å². The molecule has 16 heteroatoms.